The molecule has 13 heavy (non-hydrogen) atoms. The molecule has 0 aromatic carbocycles. The largest absolute Gasteiger partial charge is 0.366 e. The third-order valence-corrected chi connectivity index (χ3v) is 2.99. The van der Waals surface area contributed by atoms with Crippen molar-refractivity contribution in [2.75, 3.05) is 6.61 Å². The lowest BCUT2D eigenvalue weighted by molar-refractivity contribution is -0.574. The maximum atomic E-state index is 11.0. The summed E-state index contributed by atoms with van der Waals surface area (Å²) in [6, 6.07) is 0. The van der Waals surface area contributed by atoms with Gasteiger partial charge in [0.2, 0.25) is 0 Å². The van der Waals surface area contributed by atoms with E-state index < -0.39 is 5.54 Å². The van der Waals surface area contributed by atoms with E-state index in [1.54, 1.807) is 12.2 Å². The average molecular weight is 183 g/mol. The molecular formula is C9H13NO3. The second kappa shape index (κ2) is 3.10. The Bertz CT molecular complexity index is 251. The van der Waals surface area contributed by atoms with Crippen molar-refractivity contribution in [3.8, 4) is 0 Å². The van der Waals surface area contributed by atoms with Crippen molar-refractivity contribution in [2.24, 2.45) is 0 Å². The molecule has 1 fully saturated rings. The summed E-state index contributed by atoms with van der Waals surface area (Å²) in [5.74, 6) is 0. The van der Waals surface area contributed by atoms with E-state index in [9.17, 15) is 10.1 Å². The van der Waals surface area contributed by atoms with E-state index in [4.69, 9.17) is 4.74 Å². The van der Waals surface area contributed by atoms with Crippen LogP contribution in [0.15, 0.2) is 12.2 Å². The van der Waals surface area contributed by atoms with Gasteiger partial charge in [-0.15, -0.1) is 0 Å². The Morgan fingerprint density at radius 2 is 2.38 bits per heavy atom. The van der Waals surface area contributed by atoms with Gasteiger partial charge in [-0.2, -0.15) is 0 Å². The number of hydrogen-bond acceptors (Lipinski definition) is 3. The van der Waals surface area contributed by atoms with Crippen LogP contribution in [0.3, 0.4) is 0 Å². The fourth-order valence-corrected chi connectivity index (χ4v) is 2.26. The predicted molar refractivity (Wildman–Crippen MR) is 47.1 cm³/mol. The SMILES string of the molecule is O=[N+]([O-])[C@]12C=CCO[C@H]1CCCC2. The van der Waals surface area contributed by atoms with Crippen molar-refractivity contribution in [1.29, 1.82) is 0 Å². The third-order valence-electron chi connectivity index (χ3n) is 2.99. The van der Waals surface area contributed by atoms with Crippen LogP contribution < -0.4 is 0 Å². The van der Waals surface area contributed by atoms with Crippen molar-refractivity contribution < 1.29 is 9.66 Å². The van der Waals surface area contributed by atoms with Gasteiger partial charge in [0.15, 0.2) is 0 Å². The monoisotopic (exact) mass is 183 g/mol. The minimum atomic E-state index is -0.906. The zero-order chi connectivity index (χ0) is 9.31. The van der Waals surface area contributed by atoms with E-state index in [-0.39, 0.29) is 11.0 Å². The molecule has 0 aromatic heterocycles. The zero-order valence-corrected chi connectivity index (χ0v) is 7.44. The Kier molecular flexibility index (Phi) is 2.07. The fraction of sp³-hybridized carbons (Fsp3) is 0.778. The van der Waals surface area contributed by atoms with Crippen LogP contribution in [0.4, 0.5) is 0 Å². The van der Waals surface area contributed by atoms with Crippen molar-refractivity contribution >= 4 is 0 Å². The Morgan fingerprint density at radius 1 is 1.54 bits per heavy atom. The predicted octanol–water partition coefficient (Wildman–Crippen LogP) is 1.53. The molecule has 0 unspecified atom stereocenters. The molecule has 0 N–H and O–H groups in total. The molecule has 2 atom stereocenters. The third kappa shape index (κ3) is 1.25. The van der Waals surface area contributed by atoms with Crippen LogP contribution in [-0.4, -0.2) is 23.2 Å². The van der Waals surface area contributed by atoms with Crippen molar-refractivity contribution in [1.82, 2.24) is 0 Å². The second-order valence-electron chi connectivity index (χ2n) is 3.72. The Morgan fingerprint density at radius 3 is 3.08 bits per heavy atom. The van der Waals surface area contributed by atoms with Gasteiger partial charge in [-0.25, -0.2) is 0 Å². The van der Waals surface area contributed by atoms with Gasteiger partial charge in [0.05, 0.1) is 6.61 Å². The normalized spacial score (nSPS) is 38.3. The first kappa shape index (κ1) is 8.69. The maximum absolute atomic E-state index is 11.0. The highest BCUT2D eigenvalue weighted by Gasteiger charge is 2.51. The van der Waals surface area contributed by atoms with E-state index >= 15 is 0 Å². The molecule has 2 aliphatic rings. The van der Waals surface area contributed by atoms with Crippen LogP contribution in [0.25, 0.3) is 0 Å². The molecule has 72 valence electrons. The van der Waals surface area contributed by atoms with Crippen LogP contribution >= 0.6 is 0 Å². The Hall–Kier alpha value is -0.900. The molecule has 1 aliphatic heterocycles. The number of nitro groups is 1. The number of rotatable bonds is 1. The highest BCUT2D eigenvalue weighted by molar-refractivity contribution is 5.10. The van der Waals surface area contributed by atoms with Gasteiger partial charge in [-0.3, -0.25) is 10.1 Å². The summed E-state index contributed by atoms with van der Waals surface area (Å²) in [7, 11) is 0. The van der Waals surface area contributed by atoms with Gasteiger partial charge >= 0.3 is 0 Å². The molecule has 1 aliphatic carbocycles. The van der Waals surface area contributed by atoms with Crippen LogP contribution in [0.5, 0.6) is 0 Å². The molecule has 4 heteroatoms. The van der Waals surface area contributed by atoms with Crippen molar-refractivity contribution in [3.05, 3.63) is 22.3 Å². The van der Waals surface area contributed by atoms with Gasteiger partial charge < -0.3 is 4.74 Å². The molecule has 1 heterocycles. The standard InChI is InChI=1S/C9H13NO3/c11-10(12)9-5-2-1-4-8(9)13-7-3-6-9/h3,6,8H,1-2,4-5,7H2/t8-,9+/m0/s1. The number of fused-ring (bicyclic) bond motifs is 1. The van der Waals surface area contributed by atoms with Crippen LogP contribution in [0.1, 0.15) is 25.7 Å². The Labute approximate surface area is 76.7 Å². The summed E-state index contributed by atoms with van der Waals surface area (Å²) in [4.78, 5) is 10.8. The number of ether oxygens (including phenoxy) is 1. The van der Waals surface area contributed by atoms with E-state index in [1.807, 2.05) is 0 Å². The van der Waals surface area contributed by atoms with Crippen molar-refractivity contribution in [2.45, 2.75) is 37.3 Å². The quantitative estimate of drug-likeness (QED) is 0.352. The van der Waals surface area contributed by atoms with Gasteiger partial charge in [0.1, 0.15) is 6.10 Å². The van der Waals surface area contributed by atoms with Crippen LogP contribution in [0, 0.1) is 10.1 Å². The molecule has 0 aromatic rings. The lowest BCUT2D eigenvalue weighted by Gasteiger charge is -2.36. The zero-order valence-electron chi connectivity index (χ0n) is 7.44. The highest BCUT2D eigenvalue weighted by Crippen LogP contribution is 2.36. The van der Waals surface area contributed by atoms with E-state index in [0.29, 0.717) is 13.0 Å². The fourth-order valence-electron chi connectivity index (χ4n) is 2.26. The van der Waals surface area contributed by atoms with E-state index in [0.717, 1.165) is 19.3 Å². The van der Waals surface area contributed by atoms with Gasteiger partial charge in [0.25, 0.3) is 5.54 Å². The minimum absolute atomic E-state index is 0.174. The van der Waals surface area contributed by atoms with Crippen LogP contribution in [-0.2, 0) is 4.74 Å². The van der Waals surface area contributed by atoms with Crippen molar-refractivity contribution in [3.63, 3.8) is 0 Å². The second-order valence-corrected chi connectivity index (χ2v) is 3.72. The maximum Gasteiger partial charge on any atom is 0.266 e. The topological polar surface area (TPSA) is 52.4 Å². The van der Waals surface area contributed by atoms with Gasteiger partial charge in [-0.05, 0) is 18.9 Å². The number of nitrogens with zero attached hydrogens (tertiary/aromatic N) is 1. The first-order chi connectivity index (χ1) is 6.26. The smallest absolute Gasteiger partial charge is 0.266 e. The average Bonchev–Trinajstić information content (AvgIpc) is 2.17. The molecular weight excluding hydrogens is 170 g/mol. The van der Waals surface area contributed by atoms with Gasteiger partial charge in [-0.1, -0.05) is 12.5 Å². The molecule has 0 spiro atoms. The lowest BCUT2D eigenvalue weighted by atomic mass is 9.78. The summed E-state index contributed by atoms with van der Waals surface area (Å²) in [5.41, 5.74) is -0.906. The molecule has 2 rings (SSSR count). The van der Waals surface area contributed by atoms with Gasteiger partial charge in [0, 0.05) is 11.3 Å². The summed E-state index contributed by atoms with van der Waals surface area (Å²) < 4.78 is 5.42. The molecule has 0 saturated heterocycles. The molecule has 4 nitrogen and oxygen atoms in total. The first-order valence-electron chi connectivity index (χ1n) is 4.69. The van der Waals surface area contributed by atoms with Crippen LogP contribution in [0.2, 0.25) is 0 Å². The molecule has 1 saturated carbocycles. The lowest BCUT2D eigenvalue weighted by Crippen LogP contribution is -2.52. The number of hydrogen-bond donors (Lipinski definition) is 0. The minimum Gasteiger partial charge on any atom is -0.366 e. The summed E-state index contributed by atoms with van der Waals surface area (Å²) in [6.07, 6.45) is 6.75. The first-order valence-corrected chi connectivity index (χ1v) is 4.69. The van der Waals surface area contributed by atoms with E-state index in [2.05, 4.69) is 0 Å². The summed E-state index contributed by atoms with van der Waals surface area (Å²) in [5, 5.41) is 11.0. The Balaban J connectivity index is 2.31. The summed E-state index contributed by atoms with van der Waals surface area (Å²) in [6.45, 7) is 0.528. The summed E-state index contributed by atoms with van der Waals surface area (Å²) >= 11 is 0. The molecule has 0 amide bonds. The van der Waals surface area contributed by atoms with E-state index in [1.165, 1.54) is 0 Å². The molecule has 0 bridgehead atoms. The molecule has 0 radical (unpaired) electrons. The highest BCUT2D eigenvalue weighted by atomic mass is 16.6.